The van der Waals surface area contributed by atoms with Gasteiger partial charge in [0.15, 0.2) is 5.13 Å². The molecule has 0 radical (unpaired) electrons. The molecule has 2 N–H and O–H groups in total. The lowest BCUT2D eigenvalue weighted by atomic mass is 9.86. The van der Waals surface area contributed by atoms with Gasteiger partial charge in [-0.15, -0.1) is 11.3 Å². The molecule has 2 aliphatic carbocycles. The summed E-state index contributed by atoms with van der Waals surface area (Å²) in [5.41, 5.74) is -0.642. The number of carbonyl (C=O) groups excluding carboxylic acids is 2. The van der Waals surface area contributed by atoms with E-state index in [0.717, 1.165) is 18.0 Å². The minimum atomic E-state index is -0.642. The van der Waals surface area contributed by atoms with Gasteiger partial charge in [-0.1, -0.05) is 0 Å². The highest BCUT2D eigenvalue weighted by Gasteiger charge is 2.44. The topological polar surface area (TPSA) is 74.3 Å². The number of hydrogen-bond donors (Lipinski definition) is 2. The Morgan fingerprint density at radius 3 is 2.58 bits per heavy atom. The molecule has 24 heavy (non-hydrogen) atoms. The molecule has 1 aromatic heterocycles. The molecule has 3 fully saturated rings. The van der Waals surface area contributed by atoms with E-state index < -0.39 is 5.54 Å². The molecule has 0 aromatic carbocycles. The van der Waals surface area contributed by atoms with Crippen molar-refractivity contribution in [1.29, 1.82) is 0 Å². The van der Waals surface area contributed by atoms with E-state index in [4.69, 9.17) is 0 Å². The molecule has 0 unspecified atom stereocenters. The van der Waals surface area contributed by atoms with Crippen LogP contribution in [0.5, 0.6) is 0 Å². The summed E-state index contributed by atoms with van der Waals surface area (Å²) in [4.78, 5) is 31.4. The van der Waals surface area contributed by atoms with Crippen molar-refractivity contribution < 1.29 is 9.59 Å². The minimum absolute atomic E-state index is 0.0643. The lowest BCUT2D eigenvalue weighted by Crippen LogP contribution is -2.59. The second-order valence-corrected chi connectivity index (χ2v) is 8.21. The van der Waals surface area contributed by atoms with Crippen LogP contribution in [0.4, 0.5) is 5.13 Å². The van der Waals surface area contributed by atoms with Crippen molar-refractivity contribution in [2.24, 2.45) is 5.92 Å². The van der Waals surface area contributed by atoms with E-state index in [1.54, 1.807) is 6.20 Å². The molecular formula is C17H24N4O2S. The third-order valence-corrected chi connectivity index (χ3v) is 5.94. The van der Waals surface area contributed by atoms with Crippen LogP contribution in [0.25, 0.3) is 0 Å². The van der Waals surface area contributed by atoms with Crippen LogP contribution in [0.3, 0.4) is 0 Å². The molecule has 1 aliphatic heterocycles. The Morgan fingerprint density at radius 2 is 2.00 bits per heavy atom. The van der Waals surface area contributed by atoms with Crippen LogP contribution in [0.1, 0.15) is 44.9 Å². The highest BCUT2D eigenvalue weighted by atomic mass is 32.1. The average Bonchev–Trinajstić information content (AvgIpc) is 3.50. The maximum absolute atomic E-state index is 12.9. The SMILES string of the molecule is O=C(CC1CC1)N1CCC(Nc2nccs2)(C(=O)NC2CC2)CC1. The maximum atomic E-state index is 12.9. The molecule has 3 aliphatic rings. The second-order valence-electron chi connectivity index (χ2n) is 7.32. The molecule has 2 saturated carbocycles. The van der Waals surface area contributed by atoms with Crippen molar-refractivity contribution in [3.05, 3.63) is 11.6 Å². The maximum Gasteiger partial charge on any atom is 0.246 e. The number of amides is 2. The van der Waals surface area contributed by atoms with Gasteiger partial charge in [-0.2, -0.15) is 0 Å². The van der Waals surface area contributed by atoms with Crippen LogP contribution in [-0.2, 0) is 9.59 Å². The van der Waals surface area contributed by atoms with Crippen molar-refractivity contribution in [2.45, 2.75) is 56.5 Å². The predicted octanol–water partition coefficient (Wildman–Crippen LogP) is 1.99. The van der Waals surface area contributed by atoms with Gasteiger partial charge in [-0.05, 0) is 44.4 Å². The number of thiazole rings is 1. The van der Waals surface area contributed by atoms with Gasteiger partial charge in [0.1, 0.15) is 5.54 Å². The summed E-state index contributed by atoms with van der Waals surface area (Å²) in [5.74, 6) is 0.924. The Balaban J connectivity index is 1.42. The first kappa shape index (κ1) is 15.9. The normalized spacial score (nSPS) is 22.9. The smallest absolute Gasteiger partial charge is 0.246 e. The minimum Gasteiger partial charge on any atom is -0.351 e. The van der Waals surface area contributed by atoms with E-state index in [1.165, 1.54) is 24.2 Å². The zero-order valence-electron chi connectivity index (χ0n) is 13.8. The van der Waals surface area contributed by atoms with Gasteiger partial charge in [0.25, 0.3) is 0 Å². The highest BCUT2D eigenvalue weighted by molar-refractivity contribution is 7.13. The zero-order valence-corrected chi connectivity index (χ0v) is 14.6. The fourth-order valence-electron chi connectivity index (χ4n) is 3.29. The Morgan fingerprint density at radius 1 is 1.25 bits per heavy atom. The molecule has 130 valence electrons. The molecule has 0 atom stereocenters. The molecule has 4 rings (SSSR count). The van der Waals surface area contributed by atoms with Crippen molar-refractivity contribution in [3.8, 4) is 0 Å². The number of aromatic nitrogens is 1. The van der Waals surface area contributed by atoms with Crippen LogP contribution in [-0.4, -0.2) is 46.4 Å². The van der Waals surface area contributed by atoms with Crippen molar-refractivity contribution >= 4 is 28.3 Å². The summed E-state index contributed by atoms with van der Waals surface area (Å²) in [5, 5.41) is 9.19. The first-order chi connectivity index (χ1) is 11.6. The van der Waals surface area contributed by atoms with Crippen LogP contribution < -0.4 is 10.6 Å². The summed E-state index contributed by atoms with van der Waals surface area (Å²) in [6, 6.07) is 0.335. The number of rotatable bonds is 6. The third-order valence-electron chi connectivity index (χ3n) is 5.26. The summed E-state index contributed by atoms with van der Waals surface area (Å²) in [6.45, 7) is 1.28. The highest BCUT2D eigenvalue weighted by Crippen LogP contribution is 2.34. The summed E-state index contributed by atoms with van der Waals surface area (Å²) >= 11 is 1.51. The monoisotopic (exact) mass is 348 g/mol. The lowest BCUT2D eigenvalue weighted by molar-refractivity contribution is -0.136. The summed E-state index contributed by atoms with van der Waals surface area (Å²) < 4.78 is 0. The van der Waals surface area contributed by atoms with Gasteiger partial charge in [-0.3, -0.25) is 9.59 Å². The molecule has 2 heterocycles. The number of hydrogen-bond acceptors (Lipinski definition) is 5. The number of piperidine rings is 1. The third kappa shape index (κ3) is 3.55. The van der Waals surface area contributed by atoms with Gasteiger partial charge in [0.05, 0.1) is 0 Å². The second kappa shape index (κ2) is 6.35. The zero-order chi connectivity index (χ0) is 16.6. The number of anilines is 1. The van der Waals surface area contributed by atoms with Gasteiger partial charge >= 0.3 is 0 Å². The Bertz CT molecular complexity index is 602. The Kier molecular flexibility index (Phi) is 4.20. The van der Waals surface area contributed by atoms with Crippen LogP contribution in [0, 0.1) is 5.92 Å². The van der Waals surface area contributed by atoms with Crippen molar-refractivity contribution in [2.75, 3.05) is 18.4 Å². The molecule has 1 saturated heterocycles. The van der Waals surface area contributed by atoms with Crippen LogP contribution >= 0.6 is 11.3 Å². The number of carbonyl (C=O) groups is 2. The predicted molar refractivity (Wildman–Crippen MR) is 92.8 cm³/mol. The average molecular weight is 348 g/mol. The van der Waals surface area contributed by atoms with E-state index in [2.05, 4.69) is 15.6 Å². The van der Waals surface area contributed by atoms with Gasteiger partial charge in [0.2, 0.25) is 11.8 Å². The molecule has 0 spiro atoms. The number of nitrogens with one attached hydrogen (secondary N) is 2. The Labute approximate surface area is 146 Å². The van der Waals surface area contributed by atoms with E-state index in [9.17, 15) is 9.59 Å². The molecule has 1 aromatic rings. The summed E-state index contributed by atoms with van der Waals surface area (Å²) in [7, 11) is 0. The van der Waals surface area contributed by atoms with Crippen molar-refractivity contribution in [1.82, 2.24) is 15.2 Å². The Hall–Kier alpha value is -1.63. The van der Waals surface area contributed by atoms with Crippen LogP contribution in [0.2, 0.25) is 0 Å². The van der Waals surface area contributed by atoms with Gasteiger partial charge in [-0.25, -0.2) is 4.98 Å². The number of nitrogens with zero attached hydrogens (tertiary/aromatic N) is 2. The van der Waals surface area contributed by atoms with Gasteiger partial charge in [0, 0.05) is 37.1 Å². The largest absolute Gasteiger partial charge is 0.351 e. The van der Waals surface area contributed by atoms with Crippen molar-refractivity contribution in [3.63, 3.8) is 0 Å². The summed E-state index contributed by atoms with van der Waals surface area (Å²) in [6.07, 6.45) is 8.24. The van der Waals surface area contributed by atoms with E-state index in [-0.39, 0.29) is 11.8 Å². The first-order valence-electron chi connectivity index (χ1n) is 8.91. The fourth-order valence-corrected chi connectivity index (χ4v) is 3.91. The first-order valence-corrected chi connectivity index (χ1v) is 9.79. The molecular weight excluding hydrogens is 324 g/mol. The van der Waals surface area contributed by atoms with E-state index in [0.29, 0.717) is 44.3 Å². The quantitative estimate of drug-likeness (QED) is 0.824. The van der Waals surface area contributed by atoms with E-state index >= 15 is 0 Å². The molecule has 0 bridgehead atoms. The van der Waals surface area contributed by atoms with Gasteiger partial charge < -0.3 is 15.5 Å². The van der Waals surface area contributed by atoms with Crippen LogP contribution in [0.15, 0.2) is 11.6 Å². The molecule has 2 amide bonds. The lowest BCUT2D eigenvalue weighted by Gasteiger charge is -2.41. The molecule has 6 nitrogen and oxygen atoms in total. The molecule has 7 heteroatoms. The standard InChI is InChI=1S/C17H24N4O2S/c22-14(11-12-1-2-12)21-8-5-17(6-9-21,15(23)19-13-3-4-13)20-16-18-7-10-24-16/h7,10,12-13H,1-6,8-9,11H2,(H,18,20)(H,19,23). The number of likely N-dealkylation sites (tertiary alicyclic amines) is 1. The van der Waals surface area contributed by atoms with E-state index in [1.807, 2.05) is 10.3 Å². The fraction of sp³-hybridized carbons (Fsp3) is 0.706.